The Morgan fingerprint density at radius 1 is 1.20 bits per heavy atom. The van der Waals surface area contributed by atoms with Crippen LogP contribution in [0.25, 0.3) is 11.3 Å². The van der Waals surface area contributed by atoms with Crippen molar-refractivity contribution in [3.63, 3.8) is 0 Å². The molecular weight excluding hydrogens is 329 g/mol. The van der Waals surface area contributed by atoms with Crippen molar-refractivity contribution < 1.29 is 13.2 Å². The molecule has 0 radical (unpaired) electrons. The Morgan fingerprint density at radius 2 is 2.00 bits per heavy atom. The quantitative estimate of drug-likeness (QED) is 0.909. The zero-order valence-corrected chi connectivity index (χ0v) is 14.3. The molecule has 7 heteroatoms. The van der Waals surface area contributed by atoms with Gasteiger partial charge in [0.05, 0.1) is 11.3 Å². The van der Waals surface area contributed by atoms with E-state index < -0.39 is 11.7 Å². The number of nitrogens with one attached hydrogen (secondary N) is 1. The van der Waals surface area contributed by atoms with Crippen LogP contribution < -0.4 is 5.32 Å². The van der Waals surface area contributed by atoms with Gasteiger partial charge in [0, 0.05) is 18.2 Å². The Bertz CT molecular complexity index is 745. The minimum atomic E-state index is -4.37. The van der Waals surface area contributed by atoms with Crippen molar-refractivity contribution in [1.29, 1.82) is 0 Å². The fraction of sp³-hybridized carbons (Fsp3) is 0.444. The average molecular weight is 350 g/mol. The summed E-state index contributed by atoms with van der Waals surface area (Å²) in [5.74, 6) is 0.691. The van der Waals surface area contributed by atoms with Gasteiger partial charge >= 0.3 is 6.18 Å². The van der Waals surface area contributed by atoms with Gasteiger partial charge < -0.3 is 10.2 Å². The predicted octanol–water partition coefficient (Wildman–Crippen LogP) is 3.98. The van der Waals surface area contributed by atoms with Crippen molar-refractivity contribution in [3.8, 4) is 11.3 Å². The molecule has 4 nitrogen and oxygen atoms in total. The topological polar surface area (TPSA) is 41.1 Å². The molecule has 1 aromatic carbocycles. The molecule has 1 aromatic heterocycles. The summed E-state index contributed by atoms with van der Waals surface area (Å²) in [6.45, 7) is 3.93. The fourth-order valence-electron chi connectivity index (χ4n) is 3.10. The maximum Gasteiger partial charge on any atom is 0.416 e. The molecule has 0 spiro atoms. The zero-order chi connectivity index (χ0) is 18.0. The third-order valence-electron chi connectivity index (χ3n) is 4.44. The minimum absolute atomic E-state index is 0.311. The number of alkyl halides is 3. The number of benzene rings is 1. The third-order valence-corrected chi connectivity index (χ3v) is 4.44. The Hall–Kier alpha value is -2.15. The van der Waals surface area contributed by atoms with Crippen LogP contribution in [0.2, 0.25) is 0 Å². The summed E-state index contributed by atoms with van der Waals surface area (Å²) in [6.07, 6.45) is -2.17. The van der Waals surface area contributed by atoms with E-state index in [1.165, 1.54) is 6.07 Å². The van der Waals surface area contributed by atoms with Crippen LogP contribution in [0.5, 0.6) is 0 Å². The van der Waals surface area contributed by atoms with Crippen LogP contribution >= 0.6 is 0 Å². The smallest absolute Gasteiger partial charge is 0.364 e. The summed E-state index contributed by atoms with van der Waals surface area (Å²) in [6, 6.07) is 7.25. The van der Waals surface area contributed by atoms with Gasteiger partial charge in [-0.05, 0) is 57.1 Å². The number of aryl methyl sites for hydroxylation is 1. The van der Waals surface area contributed by atoms with E-state index in [-0.39, 0.29) is 0 Å². The van der Waals surface area contributed by atoms with E-state index in [1.54, 1.807) is 12.1 Å². The van der Waals surface area contributed by atoms with Gasteiger partial charge in [-0.15, -0.1) is 10.2 Å². The van der Waals surface area contributed by atoms with Crippen molar-refractivity contribution in [2.45, 2.75) is 32.0 Å². The fourth-order valence-corrected chi connectivity index (χ4v) is 3.10. The van der Waals surface area contributed by atoms with Crippen molar-refractivity contribution in [2.75, 3.05) is 25.5 Å². The van der Waals surface area contributed by atoms with Crippen molar-refractivity contribution in [1.82, 2.24) is 15.1 Å². The molecule has 1 N–H and O–H groups in total. The third kappa shape index (κ3) is 4.28. The normalized spacial score (nSPS) is 19.0. The molecule has 0 unspecified atom stereocenters. The zero-order valence-electron chi connectivity index (χ0n) is 14.3. The number of piperidine rings is 1. The van der Waals surface area contributed by atoms with Crippen molar-refractivity contribution >= 4 is 5.82 Å². The highest BCUT2D eigenvalue weighted by Gasteiger charge is 2.30. The summed E-state index contributed by atoms with van der Waals surface area (Å²) in [5.41, 5.74) is 1.04. The second kappa shape index (κ2) is 7.00. The number of halogens is 3. The highest BCUT2D eigenvalue weighted by Crippen LogP contribution is 2.32. The SMILES string of the molecule is Cc1cc(-c2cccc(C(F)(F)F)c2)nnc1N[C@@H]1CCCN(C)C1. The van der Waals surface area contributed by atoms with Gasteiger partial charge in [0.25, 0.3) is 0 Å². The van der Waals surface area contributed by atoms with E-state index in [4.69, 9.17) is 0 Å². The Morgan fingerprint density at radius 3 is 2.68 bits per heavy atom. The van der Waals surface area contributed by atoms with Crippen LogP contribution in [0.3, 0.4) is 0 Å². The highest BCUT2D eigenvalue weighted by atomic mass is 19.4. The number of anilines is 1. The van der Waals surface area contributed by atoms with Gasteiger partial charge in [-0.2, -0.15) is 13.2 Å². The predicted molar refractivity (Wildman–Crippen MR) is 91.3 cm³/mol. The molecule has 0 aliphatic carbocycles. The Balaban J connectivity index is 1.80. The molecule has 0 saturated carbocycles. The second-order valence-electron chi connectivity index (χ2n) is 6.59. The van der Waals surface area contributed by atoms with Crippen LogP contribution in [0, 0.1) is 6.92 Å². The lowest BCUT2D eigenvalue weighted by atomic mass is 10.1. The van der Waals surface area contributed by atoms with Gasteiger partial charge in [-0.3, -0.25) is 0 Å². The van der Waals surface area contributed by atoms with Crippen LogP contribution in [-0.2, 0) is 6.18 Å². The molecule has 0 amide bonds. The maximum absolute atomic E-state index is 12.9. The lowest BCUT2D eigenvalue weighted by Crippen LogP contribution is -2.40. The van der Waals surface area contributed by atoms with Crippen molar-refractivity contribution in [2.24, 2.45) is 0 Å². The molecule has 25 heavy (non-hydrogen) atoms. The number of hydrogen-bond acceptors (Lipinski definition) is 4. The Labute approximate surface area is 145 Å². The highest BCUT2D eigenvalue weighted by molar-refractivity contribution is 5.62. The molecule has 1 saturated heterocycles. The maximum atomic E-state index is 12.9. The number of likely N-dealkylation sites (N-methyl/N-ethyl adjacent to an activating group) is 1. The largest absolute Gasteiger partial charge is 0.416 e. The van der Waals surface area contributed by atoms with Crippen LogP contribution in [0.15, 0.2) is 30.3 Å². The molecule has 2 aromatic rings. The van der Waals surface area contributed by atoms with Crippen LogP contribution in [0.1, 0.15) is 24.0 Å². The summed E-state index contributed by atoms with van der Waals surface area (Å²) >= 11 is 0. The summed E-state index contributed by atoms with van der Waals surface area (Å²) in [4.78, 5) is 2.26. The first-order valence-electron chi connectivity index (χ1n) is 8.30. The first-order valence-corrected chi connectivity index (χ1v) is 8.30. The molecule has 1 atom stereocenters. The number of likely N-dealkylation sites (tertiary alicyclic amines) is 1. The van der Waals surface area contributed by atoms with Crippen LogP contribution in [0.4, 0.5) is 19.0 Å². The molecule has 1 fully saturated rings. The van der Waals surface area contributed by atoms with E-state index in [1.807, 2.05) is 6.92 Å². The molecule has 134 valence electrons. The minimum Gasteiger partial charge on any atom is -0.364 e. The Kier molecular flexibility index (Phi) is 4.94. The lowest BCUT2D eigenvalue weighted by Gasteiger charge is -2.30. The standard InChI is InChI=1S/C18H21F3N4/c1-12-9-16(13-5-3-6-14(10-13)18(19,20)21)23-24-17(12)22-15-7-4-8-25(2)11-15/h3,5-6,9-10,15H,4,7-8,11H2,1-2H3,(H,22,24)/t15-/m1/s1. The number of aromatic nitrogens is 2. The van der Waals surface area contributed by atoms with Gasteiger partial charge in [0.2, 0.25) is 0 Å². The van der Waals surface area contributed by atoms with E-state index >= 15 is 0 Å². The molecule has 1 aliphatic heterocycles. The van der Waals surface area contributed by atoms with Gasteiger partial charge in [-0.25, -0.2) is 0 Å². The molecule has 0 bridgehead atoms. The first-order chi connectivity index (χ1) is 11.8. The van der Waals surface area contributed by atoms with Crippen LogP contribution in [-0.4, -0.2) is 41.3 Å². The van der Waals surface area contributed by atoms with Gasteiger partial charge in [-0.1, -0.05) is 12.1 Å². The summed E-state index contributed by atoms with van der Waals surface area (Å²) in [5, 5.41) is 11.7. The average Bonchev–Trinajstić information content (AvgIpc) is 2.56. The van der Waals surface area contributed by atoms with E-state index in [0.29, 0.717) is 23.1 Å². The first kappa shape index (κ1) is 17.7. The lowest BCUT2D eigenvalue weighted by molar-refractivity contribution is -0.137. The van der Waals surface area contributed by atoms with Crippen molar-refractivity contribution in [3.05, 3.63) is 41.5 Å². The van der Waals surface area contributed by atoms with E-state index in [9.17, 15) is 13.2 Å². The molecular formula is C18H21F3N4. The molecule has 3 rings (SSSR count). The molecule has 2 heterocycles. The number of hydrogen-bond donors (Lipinski definition) is 1. The summed E-state index contributed by atoms with van der Waals surface area (Å²) in [7, 11) is 2.09. The number of nitrogens with zero attached hydrogens (tertiary/aromatic N) is 3. The summed E-state index contributed by atoms with van der Waals surface area (Å²) < 4.78 is 38.6. The monoisotopic (exact) mass is 350 g/mol. The number of rotatable bonds is 3. The van der Waals surface area contributed by atoms with E-state index in [0.717, 1.165) is 43.6 Å². The van der Waals surface area contributed by atoms with Gasteiger partial charge in [0.15, 0.2) is 5.82 Å². The molecule has 1 aliphatic rings. The van der Waals surface area contributed by atoms with Gasteiger partial charge in [0.1, 0.15) is 0 Å². The van der Waals surface area contributed by atoms with E-state index in [2.05, 4.69) is 27.5 Å². The second-order valence-corrected chi connectivity index (χ2v) is 6.59.